The highest BCUT2D eigenvalue weighted by Gasteiger charge is 2.33. The van der Waals surface area contributed by atoms with E-state index < -0.39 is 11.4 Å². The van der Waals surface area contributed by atoms with Crippen molar-refractivity contribution >= 4 is 5.91 Å². The zero-order valence-corrected chi connectivity index (χ0v) is 11.1. The molecule has 1 heterocycles. The molecule has 1 fully saturated rings. The maximum absolute atomic E-state index is 13.3. The molecule has 1 aromatic carbocycles. The topological polar surface area (TPSA) is 67.8 Å². The molecule has 20 heavy (non-hydrogen) atoms. The van der Waals surface area contributed by atoms with Crippen molar-refractivity contribution in [3.63, 3.8) is 0 Å². The number of carbonyl (C=O) groups is 1. The predicted molar refractivity (Wildman–Crippen MR) is 69.9 cm³/mol. The van der Waals surface area contributed by atoms with Crippen molar-refractivity contribution in [3.05, 3.63) is 30.1 Å². The molecule has 110 valence electrons. The Kier molecular flexibility index (Phi) is 4.92. The number of para-hydroxylation sites is 1. The van der Waals surface area contributed by atoms with Gasteiger partial charge in [-0.25, -0.2) is 4.39 Å². The molecule has 0 spiro atoms. The number of hydrogen-bond acceptors (Lipinski definition) is 4. The molecule has 2 N–H and O–H groups in total. The largest absolute Gasteiger partial charge is 0.481 e. The molecular formula is C14H18FNO4. The maximum atomic E-state index is 13.3. The van der Waals surface area contributed by atoms with Crippen LogP contribution in [0.4, 0.5) is 4.39 Å². The van der Waals surface area contributed by atoms with Crippen LogP contribution >= 0.6 is 0 Å². The fourth-order valence-corrected chi connectivity index (χ4v) is 2.12. The van der Waals surface area contributed by atoms with E-state index in [0.717, 1.165) is 0 Å². The SMILES string of the molecule is O=C(COc1ccccc1F)NC1(CO)CCOCC1. The van der Waals surface area contributed by atoms with Crippen LogP contribution in [0.25, 0.3) is 0 Å². The summed E-state index contributed by atoms with van der Waals surface area (Å²) in [5.74, 6) is -0.861. The lowest BCUT2D eigenvalue weighted by Crippen LogP contribution is -2.55. The molecule has 0 bridgehead atoms. The van der Waals surface area contributed by atoms with Gasteiger partial charge in [0.15, 0.2) is 18.2 Å². The fraction of sp³-hybridized carbons (Fsp3) is 0.500. The summed E-state index contributed by atoms with van der Waals surface area (Å²) in [7, 11) is 0. The Labute approximate surface area is 116 Å². The van der Waals surface area contributed by atoms with Gasteiger partial charge in [-0.2, -0.15) is 0 Å². The van der Waals surface area contributed by atoms with E-state index in [9.17, 15) is 14.3 Å². The summed E-state index contributed by atoms with van der Waals surface area (Å²) in [5, 5.41) is 12.2. The summed E-state index contributed by atoms with van der Waals surface area (Å²) in [5.41, 5.74) is -0.659. The van der Waals surface area contributed by atoms with Crippen molar-refractivity contribution < 1.29 is 23.8 Å². The Morgan fingerprint density at radius 1 is 1.40 bits per heavy atom. The molecule has 1 amide bonds. The molecule has 2 rings (SSSR count). The van der Waals surface area contributed by atoms with Crippen molar-refractivity contribution in [2.24, 2.45) is 0 Å². The molecule has 0 unspecified atom stereocenters. The van der Waals surface area contributed by atoms with Gasteiger partial charge >= 0.3 is 0 Å². The lowest BCUT2D eigenvalue weighted by Gasteiger charge is -2.36. The zero-order valence-electron chi connectivity index (χ0n) is 11.1. The van der Waals surface area contributed by atoms with Crippen LogP contribution in [0.15, 0.2) is 24.3 Å². The molecule has 1 saturated heterocycles. The second kappa shape index (κ2) is 6.67. The van der Waals surface area contributed by atoms with E-state index in [-0.39, 0.29) is 24.9 Å². The van der Waals surface area contributed by atoms with Gasteiger partial charge in [0.1, 0.15) is 0 Å². The number of halogens is 1. The molecule has 0 aliphatic carbocycles. The van der Waals surface area contributed by atoms with Crippen molar-refractivity contribution in [2.75, 3.05) is 26.4 Å². The van der Waals surface area contributed by atoms with E-state index in [4.69, 9.17) is 9.47 Å². The van der Waals surface area contributed by atoms with E-state index in [2.05, 4.69) is 5.32 Å². The number of rotatable bonds is 5. The number of hydrogen-bond donors (Lipinski definition) is 2. The quantitative estimate of drug-likeness (QED) is 0.841. The van der Waals surface area contributed by atoms with Crippen LogP contribution in [0.3, 0.4) is 0 Å². The van der Waals surface area contributed by atoms with Crippen molar-refractivity contribution in [3.8, 4) is 5.75 Å². The van der Waals surface area contributed by atoms with Crippen LogP contribution in [-0.2, 0) is 9.53 Å². The highest BCUT2D eigenvalue weighted by atomic mass is 19.1. The highest BCUT2D eigenvalue weighted by molar-refractivity contribution is 5.78. The van der Waals surface area contributed by atoms with E-state index >= 15 is 0 Å². The van der Waals surface area contributed by atoms with Crippen LogP contribution in [0, 0.1) is 5.82 Å². The lowest BCUT2D eigenvalue weighted by atomic mass is 9.91. The summed E-state index contributed by atoms with van der Waals surface area (Å²) >= 11 is 0. The van der Waals surface area contributed by atoms with Gasteiger partial charge in [0.05, 0.1) is 12.1 Å². The summed E-state index contributed by atoms with van der Waals surface area (Å²) < 4.78 is 23.7. The van der Waals surface area contributed by atoms with E-state index in [1.54, 1.807) is 12.1 Å². The Balaban J connectivity index is 1.87. The van der Waals surface area contributed by atoms with E-state index in [1.165, 1.54) is 12.1 Å². The number of aliphatic hydroxyl groups excluding tert-OH is 1. The first-order valence-corrected chi connectivity index (χ1v) is 6.52. The second-order valence-corrected chi connectivity index (χ2v) is 4.82. The molecule has 1 aliphatic rings. The molecule has 5 nitrogen and oxygen atoms in total. The van der Waals surface area contributed by atoms with Gasteiger partial charge in [0.2, 0.25) is 0 Å². The summed E-state index contributed by atoms with van der Waals surface area (Å²) in [6.45, 7) is 0.551. The number of nitrogens with one attached hydrogen (secondary N) is 1. The van der Waals surface area contributed by atoms with Gasteiger partial charge in [-0.3, -0.25) is 4.79 Å². The second-order valence-electron chi connectivity index (χ2n) is 4.82. The van der Waals surface area contributed by atoms with Crippen LogP contribution in [0.2, 0.25) is 0 Å². The third kappa shape index (κ3) is 3.68. The van der Waals surface area contributed by atoms with Gasteiger partial charge in [0, 0.05) is 13.2 Å². The number of aliphatic hydroxyl groups is 1. The molecule has 1 aliphatic heterocycles. The Hall–Kier alpha value is -1.66. The third-order valence-electron chi connectivity index (χ3n) is 3.35. The summed E-state index contributed by atoms with van der Waals surface area (Å²) in [4.78, 5) is 11.8. The average molecular weight is 283 g/mol. The zero-order chi connectivity index (χ0) is 14.4. The Morgan fingerprint density at radius 2 is 2.10 bits per heavy atom. The predicted octanol–water partition coefficient (Wildman–Crippen LogP) is 0.862. The summed E-state index contributed by atoms with van der Waals surface area (Å²) in [6, 6.07) is 5.90. The minimum absolute atomic E-state index is 0.0349. The molecule has 6 heteroatoms. The first kappa shape index (κ1) is 14.7. The normalized spacial score (nSPS) is 17.5. The van der Waals surface area contributed by atoms with Gasteiger partial charge in [-0.05, 0) is 25.0 Å². The molecule has 0 aromatic heterocycles. The van der Waals surface area contributed by atoms with Gasteiger partial charge in [-0.1, -0.05) is 12.1 Å². The van der Waals surface area contributed by atoms with Crippen molar-refractivity contribution in [1.29, 1.82) is 0 Å². The van der Waals surface area contributed by atoms with Gasteiger partial charge < -0.3 is 19.9 Å². The average Bonchev–Trinajstić information content (AvgIpc) is 2.47. The Morgan fingerprint density at radius 3 is 2.75 bits per heavy atom. The smallest absolute Gasteiger partial charge is 0.258 e. The first-order valence-electron chi connectivity index (χ1n) is 6.52. The fourth-order valence-electron chi connectivity index (χ4n) is 2.12. The van der Waals surface area contributed by atoms with Crippen molar-refractivity contribution in [2.45, 2.75) is 18.4 Å². The Bertz CT molecular complexity index is 460. The van der Waals surface area contributed by atoms with Crippen molar-refractivity contribution in [1.82, 2.24) is 5.32 Å². The number of amides is 1. The van der Waals surface area contributed by atoms with Gasteiger partial charge in [-0.15, -0.1) is 0 Å². The van der Waals surface area contributed by atoms with Crippen LogP contribution in [-0.4, -0.2) is 43.0 Å². The molecule has 1 aromatic rings. The number of carbonyl (C=O) groups excluding carboxylic acids is 1. The standard InChI is InChI=1S/C14H18FNO4/c15-11-3-1-2-4-12(11)20-9-13(18)16-14(10-17)5-7-19-8-6-14/h1-4,17H,5-10H2,(H,16,18). The molecular weight excluding hydrogens is 265 g/mol. The van der Waals surface area contributed by atoms with Crippen LogP contribution < -0.4 is 10.1 Å². The molecule has 0 radical (unpaired) electrons. The van der Waals surface area contributed by atoms with Gasteiger partial charge in [0.25, 0.3) is 5.91 Å². The lowest BCUT2D eigenvalue weighted by molar-refractivity contribution is -0.127. The van der Waals surface area contributed by atoms with E-state index in [0.29, 0.717) is 26.1 Å². The third-order valence-corrected chi connectivity index (χ3v) is 3.35. The number of benzene rings is 1. The van der Waals surface area contributed by atoms with Crippen LogP contribution in [0.5, 0.6) is 5.75 Å². The minimum Gasteiger partial charge on any atom is -0.481 e. The summed E-state index contributed by atoms with van der Waals surface area (Å²) in [6.07, 6.45) is 1.10. The molecule has 0 atom stereocenters. The van der Waals surface area contributed by atoms with Crippen LogP contribution in [0.1, 0.15) is 12.8 Å². The number of ether oxygens (including phenoxy) is 2. The maximum Gasteiger partial charge on any atom is 0.258 e. The van der Waals surface area contributed by atoms with E-state index in [1.807, 2.05) is 0 Å². The minimum atomic E-state index is -0.659. The monoisotopic (exact) mass is 283 g/mol. The molecule has 0 saturated carbocycles. The highest BCUT2D eigenvalue weighted by Crippen LogP contribution is 2.20. The first-order chi connectivity index (χ1) is 9.65.